The number of nitrogens with one attached hydrogen (secondary N) is 1. The maximum absolute atomic E-state index is 12.7. The molecule has 0 aliphatic heterocycles. The number of sulfonamides is 1. The molecule has 9 heteroatoms. The Balaban J connectivity index is 1.58. The number of hydrogen-bond acceptors (Lipinski definition) is 7. The maximum atomic E-state index is 12.7. The van der Waals surface area contributed by atoms with Gasteiger partial charge < -0.3 is 10.8 Å². The molecule has 0 saturated heterocycles. The molecule has 3 unspecified atom stereocenters. The van der Waals surface area contributed by atoms with E-state index in [1.165, 1.54) is 0 Å². The Bertz CT molecular complexity index is 1130. The molecule has 0 bridgehead atoms. The zero-order valence-corrected chi connectivity index (χ0v) is 17.7. The van der Waals surface area contributed by atoms with Gasteiger partial charge in [-0.1, -0.05) is 18.2 Å². The number of rotatable bonds is 6. The van der Waals surface area contributed by atoms with Crippen LogP contribution in [0.25, 0.3) is 11.3 Å². The molecule has 0 amide bonds. The van der Waals surface area contributed by atoms with Gasteiger partial charge in [-0.15, -0.1) is 0 Å². The van der Waals surface area contributed by atoms with Crippen LogP contribution in [0.2, 0.25) is 0 Å². The van der Waals surface area contributed by atoms with Crippen molar-refractivity contribution in [2.24, 2.45) is 5.92 Å². The van der Waals surface area contributed by atoms with Crippen LogP contribution in [-0.2, 0) is 10.0 Å². The molecule has 31 heavy (non-hydrogen) atoms. The summed E-state index contributed by atoms with van der Waals surface area (Å²) < 4.78 is 28.0. The lowest BCUT2D eigenvalue weighted by atomic mass is 9.76. The first-order valence-corrected chi connectivity index (χ1v) is 11.7. The van der Waals surface area contributed by atoms with E-state index in [1.54, 1.807) is 55.0 Å². The van der Waals surface area contributed by atoms with Crippen molar-refractivity contribution in [2.75, 3.05) is 12.3 Å². The zero-order chi connectivity index (χ0) is 21.8. The van der Waals surface area contributed by atoms with Crippen LogP contribution in [0.3, 0.4) is 0 Å². The molecule has 1 aliphatic rings. The number of nitrogens with two attached hydrogens (primary N) is 1. The third kappa shape index (κ3) is 4.90. The number of pyridine rings is 1. The van der Waals surface area contributed by atoms with Gasteiger partial charge in [0.2, 0.25) is 10.0 Å². The Morgan fingerprint density at radius 2 is 1.90 bits per heavy atom. The Morgan fingerprint density at radius 1 is 1.10 bits per heavy atom. The quantitative estimate of drug-likeness (QED) is 0.537. The number of aliphatic hydroxyl groups excluding tert-OH is 1. The summed E-state index contributed by atoms with van der Waals surface area (Å²) in [6.07, 6.45) is 6.28. The predicted octanol–water partition coefficient (Wildman–Crippen LogP) is 2.34. The monoisotopic (exact) mass is 439 g/mol. The summed E-state index contributed by atoms with van der Waals surface area (Å²) in [4.78, 5) is 13.4. The molecule has 0 spiro atoms. The highest BCUT2D eigenvalue weighted by Gasteiger charge is 2.33. The van der Waals surface area contributed by atoms with Gasteiger partial charge in [0.25, 0.3) is 0 Å². The number of aromatic nitrogens is 3. The molecule has 3 aromatic rings. The fourth-order valence-corrected chi connectivity index (χ4v) is 5.14. The molecule has 1 fully saturated rings. The SMILES string of the molecule is Nc1ncc(C2CC(O)CCC2CNS(=O)(=O)c2ccccc2)nc1-c1cccnc1. The number of nitrogen functional groups attached to an aromatic ring is 1. The van der Waals surface area contributed by atoms with E-state index in [0.717, 1.165) is 5.56 Å². The van der Waals surface area contributed by atoms with Crippen molar-refractivity contribution in [3.8, 4) is 11.3 Å². The molecule has 3 atom stereocenters. The largest absolute Gasteiger partial charge is 0.393 e. The fraction of sp³-hybridized carbons (Fsp3) is 0.318. The van der Waals surface area contributed by atoms with E-state index in [1.807, 2.05) is 6.07 Å². The summed E-state index contributed by atoms with van der Waals surface area (Å²) >= 11 is 0. The van der Waals surface area contributed by atoms with Crippen LogP contribution in [0.5, 0.6) is 0 Å². The molecule has 2 aromatic heterocycles. The molecule has 1 saturated carbocycles. The molecule has 8 nitrogen and oxygen atoms in total. The summed E-state index contributed by atoms with van der Waals surface area (Å²) in [5, 5.41) is 10.3. The third-order valence-corrected chi connectivity index (χ3v) is 7.13. The summed E-state index contributed by atoms with van der Waals surface area (Å²) in [7, 11) is -3.61. The van der Waals surface area contributed by atoms with Crippen molar-refractivity contribution in [1.29, 1.82) is 0 Å². The number of benzene rings is 1. The smallest absolute Gasteiger partial charge is 0.240 e. The minimum absolute atomic E-state index is 0.0263. The summed E-state index contributed by atoms with van der Waals surface area (Å²) in [6, 6.07) is 12.0. The molecular weight excluding hydrogens is 414 g/mol. The Kier molecular flexibility index (Phi) is 6.26. The highest BCUT2D eigenvalue weighted by Crippen LogP contribution is 2.38. The number of nitrogens with zero attached hydrogens (tertiary/aromatic N) is 3. The van der Waals surface area contributed by atoms with Crippen LogP contribution in [0.4, 0.5) is 5.82 Å². The highest BCUT2D eigenvalue weighted by atomic mass is 32.2. The van der Waals surface area contributed by atoms with E-state index in [9.17, 15) is 13.5 Å². The van der Waals surface area contributed by atoms with Gasteiger partial charge in [-0.05, 0) is 49.4 Å². The van der Waals surface area contributed by atoms with Crippen molar-refractivity contribution in [2.45, 2.75) is 36.2 Å². The van der Waals surface area contributed by atoms with Crippen molar-refractivity contribution in [3.63, 3.8) is 0 Å². The predicted molar refractivity (Wildman–Crippen MR) is 117 cm³/mol. The van der Waals surface area contributed by atoms with Gasteiger partial charge >= 0.3 is 0 Å². The number of anilines is 1. The zero-order valence-electron chi connectivity index (χ0n) is 16.9. The van der Waals surface area contributed by atoms with Crippen LogP contribution in [0.15, 0.2) is 66.0 Å². The minimum atomic E-state index is -3.61. The summed E-state index contributed by atoms with van der Waals surface area (Å²) in [6.45, 7) is 0.253. The second-order valence-electron chi connectivity index (χ2n) is 7.77. The lowest BCUT2D eigenvalue weighted by molar-refractivity contribution is 0.0936. The van der Waals surface area contributed by atoms with Gasteiger partial charge in [-0.2, -0.15) is 0 Å². The first-order chi connectivity index (χ1) is 14.9. The summed E-state index contributed by atoms with van der Waals surface area (Å²) in [5.74, 6) is 0.127. The number of hydrogen-bond donors (Lipinski definition) is 3. The lowest BCUT2D eigenvalue weighted by Gasteiger charge is -2.34. The molecule has 4 N–H and O–H groups in total. The van der Waals surface area contributed by atoms with Crippen LogP contribution >= 0.6 is 0 Å². The average Bonchev–Trinajstić information content (AvgIpc) is 2.80. The second-order valence-corrected chi connectivity index (χ2v) is 9.54. The van der Waals surface area contributed by atoms with Crippen LogP contribution in [0.1, 0.15) is 30.9 Å². The van der Waals surface area contributed by atoms with Crippen molar-refractivity contribution >= 4 is 15.8 Å². The van der Waals surface area contributed by atoms with Gasteiger partial charge in [0, 0.05) is 30.4 Å². The third-order valence-electron chi connectivity index (χ3n) is 5.69. The van der Waals surface area contributed by atoms with E-state index in [-0.39, 0.29) is 23.3 Å². The van der Waals surface area contributed by atoms with Crippen molar-refractivity contribution in [3.05, 3.63) is 66.7 Å². The Labute approximate surface area is 181 Å². The van der Waals surface area contributed by atoms with E-state index >= 15 is 0 Å². The maximum Gasteiger partial charge on any atom is 0.240 e. The van der Waals surface area contributed by atoms with E-state index < -0.39 is 16.1 Å². The van der Waals surface area contributed by atoms with Crippen molar-refractivity contribution < 1.29 is 13.5 Å². The molecule has 1 aromatic carbocycles. The first kappa shape index (κ1) is 21.4. The van der Waals surface area contributed by atoms with Crippen LogP contribution in [0, 0.1) is 5.92 Å². The average molecular weight is 440 g/mol. The highest BCUT2D eigenvalue weighted by molar-refractivity contribution is 7.89. The Morgan fingerprint density at radius 3 is 2.65 bits per heavy atom. The van der Waals surface area contributed by atoms with Gasteiger partial charge in [0.1, 0.15) is 11.5 Å². The minimum Gasteiger partial charge on any atom is -0.393 e. The van der Waals surface area contributed by atoms with Gasteiger partial charge in [0.05, 0.1) is 22.9 Å². The van der Waals surface area contributed by atoms with Crippen LogP contribution < -0.4 is 10.5 Å². The lowest BCUT2D eigenvalue weighted by Crippen LogP contribution is -2.36. The standard InChI is InChI=1S/C22H25N5O3S/c23-22-21(16-5-4-10-24-12-16)27-20(14-25-22)19-11-17(28)9-8-15(19)13-26-31(29,30)18-6-2-1-3-7-18/h1-7,10,12,14-15,17,19,26,28H,8-9,11,13H2,(H2,23,25). The normalized spacial score (nSPS) is 21.6. The fourth-order valence-electron chi connectivity index (χ4n) is 4.02. The van der Waals surface area contributed by atoms with E-state index in [0.29, 0.717) is 36.5 Å². The molecule has 162 valence electrons. The first-order valence-electron chi connectivity index (χ1n) is 10.2. The Hall–Kier alpha value is -2.88. The molecule has 2 heterocycles. The van der Waals surface area contributed by atoms with Gasteiger partial charge in [-0.25, -0.2) is 23.1 Å². The molecular formula is C22H25N5O3S. The number of aliphatic hydroxyl groups is 1. The van der Waals surface area contributed by atoms with E-state index in [4.69, 9.17) is 10.7 Å². The molecule has 4 rings (SSSR count). The van der Waals surface area contributed by atoms with Crippen LogP contribution in [-0.4, -0.2) is 41.1 Å². The summed E-state index contributed by atoms with van der Waals surface area (Å²) in [5.41, 5.74) is 8.03. The van der Waals surface area contributed by atoms with Gasteiger partial charge in [-0.3, -0.25) is 4.98 Å². The molecule has 0 radical (unpaired) electrons. The topological polar surface area (TPSA) is 131 Å². The van der Waals surface area contributed by atoms with Crippen molar-refractivity contribution in [1.82, 2.24) is 19.7 Å². The van der Waals surface area contributed by atoms with Gasteiger partial charge in [0.15, 0.2) is 0 Å². The van der Waals surface area contributed by atoms with E-state index in [2.05, 4.69) is 14.7 Å². The molecule has 1 aliphatic carbocycles. The second kappa shape index (κ2) is 9.09.